The Bertz CT molecular complexity index is 1190. The molecule has 1 amide bonds. The lowest BCUT2D eigenvalue weighted by Crippen LogP contribution is -2.23. The van der Waals surface area contributed by atoms with Gasteiger partial charge in [-0.05, 0) is 61.9 Å². The summed E-state index contributed by atoms with van der Waals surface area (Å²) in [4.78, 5) is 41.6. The van der Waals surface area contributed by atoms with E-state index in [2.05, 4.69) is 17.2 Å². The van der Waals surface area contributed by atoms with E-state index in [1.165, 1.54) is 23.5 Å². The molecule has 1 atom stereocenters. The van der Waals surface area contributed by atoms with E-state index < -0.39 is 17.4 Å². The highest BCUT2D eigenvalue weighted by atomic mass is 32.1. The third-order valence-corrected chi connectivity index (χ3v) is 6.49. The van der Waals surface area contributed by atoms with Crippen LogP contribution in [0.15, 0.2) is 29.1 Å². The van der Waals surface area contributed by atoms with E-state index in [1.807, 2.05) is 0 Å². The molecule has 0 saturated heterocycles. The molecule has 0 aliphatic heterocycles. The van der Waals surface area contributed by atoms with Gasteiger partial charge in [0.25, 0.3) is 11.5 Å². The predicted octanol–water partition coefficient (Wildman–Crippen LogP) is 3.85. The predicted molar refractivity (Wildman–Crippen MR) is 116 cm³/mol. The standard InChI is InChI=1S/C22H22N2O5S/c1-3-29-22(28)12-5-7-13(8-6-12)23-19(26)17-18(25)16-14-9-4-11(2)10-15(14)30-21(16)24-20(17)27/h5-8,11H,3-4,9-10H2,1-2H3,(H,23,26)(H2,24,25,27)/t11-/m0/s1. The molecule has 0 radical (unpaired) electrons. The molecule has 0 bridgehead atoms. The van der Waals surface area contributed by atoms with Crippen LogP contribution >= 0.6 is 11.3 Å². The molecule has 7 nitrogen and oxygen atoms in total. The highest BCUT2D eigenvalue weighted by molar-refractivity contribution is 7.18. The lowest BCUT2D eigenvalue weighted by molar-refractivity contribution is 0.0526. The number of nitrogens with one attached hydrogen (secondary N) is 2. The molecule has 1 aliphatic carbocycles. The summed E-state index contributed by atoms with van der Waals surface area (Å²) in [6, 6.07) is 6.14. The van der Waals surface area contributed by atoms with E-state index in [-0.39, 0.29) is 17.9 Å². The average molecular weight is 426 g/mol. The van der Waals surface area contributed by atoms with E-state index in [0.717, 1.165) is 29.7 Å². The molecule has 1 aliphatic rings. The number of thiophene rings is 1. The number of fused-ring (bicyclic) bond motifs is 3. The molecule has 0 spiro atoms. The number of aromatic nitrogens is 1. The van der Waals surface area contributed by atoms with Crippen molar-refractivity contribution in [3.8, 4) is 5.75 Å². The smallest absolute Gasteiger partial charge is 0.338 e. The molecule has 0 fully saturated rings. The number of ether oxygens (including phenoxy) is 1. The first kappa shape index (κ1) is 20.2. The SMILES string of the molecule is CCOC(=O)c1ccc(NC(=O)c2c(O)c3c4c(sc3[nH]c2=O)C[C@@H](C)CC4)cc1. The zero-order chi connectivity index (χ0) is 21.4. The van der Waals surface area contributed by atoms with Gasteiger partial charge in [-0.15, -0.1) is 11.3 Å². The van der Waals surface area contributed by atoms with Crippen LogP contribution in [-0.4, -0.2) is 28.6 Å². The molecule has 8 heteroatoms. The number of aryl methyl sites for hydroxylation is 1. The molecule has 0 unspecified atom stereocenters. The van der Waals surface area contributed by atoms with Gasteiger partial charge in [-0.25, -0.2) is 4.79 Å². The van der Waals surface area contributed by atoms with Gasteiger partial charge >= 0.3 is 5.97 Å². The number of esters is 1. The third kappa shape index (κ3) is 3.59. The molecule has 2 heterocycles. The Kier molecular flexibility index (Phi) is 5.34. The van der Waals surface area contributed by atoms with Gasteiger partial charge in [0, 0.05) is 10.6 Å². The number of aromatic hydroxyl groups is 1. The van der Waals surface area contributed by atoms with Gasteiger partial charge in [0.15, 0.2) is 0 Å². The number of aromatic amines is 1. The minimum Gasteiger partial charge on any atom is -0.506 e. The number of pyridine rings is 1. The molecule has 4 rings (SSSR count). The normalized spacial score (nSPS) is 15.6. The second kappa shape index (κ2) is 7.95. The van der Waals surface area contributed by atoms with Crippen molar-refractivity contribution in [3.63, 3.8) is 0 Å². The van der Waals surface area contributed by atoms with Crippen molar-refractivity contribution in [1.29, 1.82) is 0 Å². The molecule has 1 aromatic carbocycles. The second-order valence-electron chi connectivity index (χ2n) is 7.49. The van der Waals surface area contributed by atoms with Crippen molar-refractivity contribution in [2.24, 2.45) is 5.92 Å². The number of benzene rings is 1. The van der Waals surface area contributed by atoms with Crippen molar-refractivity contribution in [2.45, 2.75) is 33.1 Å². The molecule has 0 saturated carbocycles. The highest BCUT2D eigenvalue weighted by Crippen LogP contribution is 2.41. The molecule has 3 N–H and O–H groups in total. The lowest BCUT2D eigenvalue weighted by atomic mass is 9.89. The monoisotopic (exact) mass is 426 g/mol. The third-order valence-electron chi connectivity index (χ3n) is 5.32. The number of rotatable bonds is 4. The zero-order valence-corrected chi connectivity index (χ0v) is 17.5. The fraction of sp³-hybridized carbons (Fsp3) is 0.318. The Balaban J connectivity index is 1.65. The summed E-state index contributed by atoms with van der Waals surface area (Å²) in [7, 11) is 0. The van der Waals surface area contributed by atoms with Crippen molar-refractivity contribution < 1.29 is 19.4 Å². The molecule has 3 aromatic rings. The Hall–Kier alpha value is -3.13. The summed E-state index contributed by atoms with van der Waals surface area (Å²) in [5, 5.41) is 14.0. The first-order valence-corrected chi connectivity index (χ1v) is 10.7. The van der Waals surface area contributed by atoms with Gasteiger partial charge < -0.3 is 20.1 Å². The second-order valence-corrected chi connectivity index (χ2v) is 8.59. The molecular weight excluding hydrogens is 404 g/mol. The van der Waals surface area contributed by atoms with Crippen molar-refractivity contribution in [3.05, 3.63) is 56.2 Å². The van der Waals surface area contributed by atoms with Crippen molar-refractivity contribution in [1.82, 2.24) is 4.98 Å². The number of H-pyrrole nitrogens is 1. The molecular formula is C22H22N2O5S. The first-order valence-electron chi connectivity index (χ1n) is 9.87. The maximum absolute atomic E-state index is 12.8. The van der Waals surface area contributed by atoms with Gasteiger partial charge in [0.05, 0.1) is 17.6 Å². The molecule has 156 valence electrons. The van der Waals surface area contributed by atoms with E-state index in [4.69, 9.17) is 4.74 Å². The number of hydrogen-bond donors (Lipinski definition) is 3. The van der Waals surface area contributed by atoms with E-state index in [0.29, 0.717) is 27.4 Å². The van der Waals surface area contributed by atoms with Crippen LogP contribution in [0.25, 0.3) is 10.2 Å². The van der Waals surface area contributed by atoms with Gasteiger partial charge in [-0.1, -0.05) is 6.92 Å². The summed E-state index contributed by atoms with van der Waals surface area (Å²) in [6.07, 6.45) is 2.72. The van der Waals surface area contributed by atoms with Crippen LogP contribution in [0, 0.1) is 5.92 Å². The number of anilines is 1. The van der Waals surface area contributed by atoms with Gasteiger partial charge in [0.2, 0.25) is 0 Å². The average Bonchev–Trinajstić information content (AvgIpc) is 3.05. The maximum Gasteiger partial charge on any atom is 0.338 e. The molecule has 2 aromatic heterocycles. The van der Waals surface area contributed by atoms with E-state index in [9.17, 15) is 19.5 Å². The van der Waals surface area contributed by atoms with Crippen LogP contribution in [0.4, 0.5) is 5.69 Å². The van der Waals surface area contributed by atoms with E-state index in [1.54, 1.807) is 19.1 Å². The number of hydrogen-bond acceptors (Lipinski definition) is 6. The van der Waals surface area contributed by atoms with Gasteiger partial charge in [-0.3, -0.25) is 9.59 Å². The quantitative estimate of drug-likeness (QED) is 0.549. The van der Waals surface area contributed by atoms with Gasteiger partial charge in [0.1, 0.15) is 16.1 Å². The fourth-order valence-electron chi connectivity index (χ4n) is 3.80. The minimum atomic E-state index is -0.705. The number of carbonyl (C=O) groups is 2. The summed E-state index contributed by atoms with van der Waals surface area (Å²) in [5.41, 5.74) is 0.836. The Morgan fingerprint density at radius 2 is 2.03 bits per heavy atom. The number of amides is 1. The largest absolute Gasteiger partial charge is 0.506 e. The van der Waals surface area contributed by atoms with Crippen molar-refractivity contribution in [2.75, 3.05) is 11.9 Å². The zero-order valence-electron chi connectivity index (χ0n) is 16.7. The molecule has 30 heavy (non-hydrogen) atoms. The van der Waals surface area contributed by atoms with Crippen LogP contribution in [0.1, 0.15) is 51.4 Å². The van der Waals surface area contributed by atoms with Crippen LogP contribution in [0.3, 0.4) is 0 Å². The topological polar surface area (TPSA) is 108 Å². The number of carbonyl (C=O) groups excluding carboxylic acids is 2. The summed E-state index contributed by atoms with van der Waals surface area (Å²) in [6.45, 7) is 4.17. The minimum absolute atomic E-state index is 0.271. The van der Waals surface area contributed by atoms with Gasteiger partial charge in [-0.2, -0.15) is 0 Å². The Morgan fingerprint density at radius 1 is 1.30 bits per heavy atom. The lowest BCUT2D eigenvalue weighted by Gasteiger charge is -2.18. The Labute approximate surface area is 176 Å². The van der Waals surface area contributed by atoms with Crippen LogP contribution in [0.5, 0.6) is 5.75 Å². The Morgan fingerprint density at radius 3 is 2.73 bits per heavy atom. The van der Waals surface area contributed by atoms with Crippen molar-refractivity contribution >= 4 is 39.1 Å². The maximum atomic E-state index is 12.8. The fourth-order valence-corrected chi connectivity index (χ4v) is 5.20. The summed E-state index contributed by atoms with van der Waals surface area (Å²) in [5.74, 6) is -0.878. The van der Waals surface area contributed by atoms with E-state index >= 15 is 0 Å². The highest BCUT2D eigenvalue weighted by Gasteiger charge is 2.27. The van der Waals surface area contributed by atoms with Crippen LogP contribution < -0.4 is 10.9 Å². The van der Waals surface area contributed by atoms with Crippen LogP contribution in [0.2, 0.25) is 0 Å². The van der Waals surface area contributed by atoms with Crippen LogP contribution in [-0.2, 0) is 17.6 Å². The first-order chi connectivity index (χ1) is 14.4. The summed E-state index contributed by atoms with van der Waals surface area (Å²) >= 11 is 1.47. The summed E-state index contributed by atoms with van der Waals surface area (Å²) < 4.78 is 4.93.